The average Bonchev–Trinajstić information content (AvgIpc) is 3.22. The molecule has 2 aliphatic heterocycles. The van der Waals surface area contributed by atoms with Crippen LogP contribution in [-0.4, -0.2) is 47.8 Å². The Morgan fingerprint density at radius 3 is 2.13 bits per heavy atom. The zero-order chi connectivity index (χ0) is 27.2. The van der Waals surface area contributed by atoms with Crippen molar-refractivity contribution in [2.45, 2.75) is 83.5 Å². The van der Waals surface area contributed by atoms with E-state index in [9.17, 15) is 0 Å². The van der Waals surface area contributed by atoms with Crippen molar-refractivity contribution < 1.29 is 0 Å². The smallest absolute Gasteiger partial charge is 0.232 e. The van der Waals surface area contributed by atoms with Crippen LogP contribution in [0.15, 0.2) is 30.3 Å². The lowest BCUT2D eigenvalue weighted by atomic mass is 9.69. The molecule has 0 amide bonds. The van der Waals surface area contributed by atoms with Crippen molar-refractivity contribution in [1.29, 1.82) is 0 Å². The first-order chi connectivity index (χ1) is 18.9. The van der Waals surface area contributed by atoms with Gasteiger partial charge >= 0.3 is 0 Å². The highest BCUT2D eigenvalue weighted by atomic mass is 35.5. The second kappa shape index (κ2) is 13.0. The number of piperidine rings is 1. The van der Waals surface area contributed by atoms with Gasteiger partial charge in [0.05, 0.1) is 0 Å². The van der Waals surface area contributed by atoms with Gasteiger partial charge in [-0.25, -0.2) is 0 Å². The van der Waals surface area contributed by atoms with E-state index >= 15 is 0 Å². The second-order valence-corrected chi connectivity index (χ2v) is 13.2. The topological polar surface area (TPSA) is 56.3 Å². The lowest BCUT2D eigenvalue weighted by molar-refractivity contribution is 0.292. The molecule has 0 bridgehead atoms. The highest BCUT2D eigenvalue weighted by Crippen LogP contribution is 2.39. The predicted octanol–water partition coefficient (Wildman–Crippen LogP) is 7.18. The molecule has 1 aliphatic carbocycles. The van der Waals surface area contributed by atoms with E-state index in [0.717, 1.165) is 62.2 Å². The fraction of sp³-hybridized carbons (Fsp3) is 0.645. The quantitative estimate of drug-likeness (QED) is 0.358. The van der Waals surface area contributed by atoms with Crippen LogP contribution in [0.4, 0.5) is 17.6 Å². The molecule has 1 saturated carbocycles. The molecule has 2 unspecified atom stereocenters. The number of halogens is 1. The van der Waals surface area contributed by atoms with Gasteiger partial charge in [-0.3, -0.25) is 0 Å². The van der Waals surface area contributed by atoms with E-state index in [0.29, 0.717) is 22.9 Å². The standard InChI is InChI=1S/C31H45ClN6S/c1-23-18-24(2)21-38(20-23)28-19-27(37-16-8-3-4-9-17-37)34-29(35-28)36-30(39)33-22-31(14-6-5-7-15-31)25-10-12-26(32)13-11-25/h10-13,19,23-24H,3-9,14-18,20-22H2,1-2H3,(H2,33,34,35,36,39). The van der Waals surface area contributed by atoms with Gasteiger partial charge < -0.3 is 20.4 Å². The average molecular weight is 569 g/mol. The van der Waals surface area contributed by atoms with Crippen LogP contribution in [0.5, 0.6) is 0 Å². The minimum atomic E-state index is 0.0641. The highest BCUT2D eigenvalue weighted by molar-refractivity contribution is 7.80. The number of hydrogen-bond donors (Lipinski definition) is 2. The van der Waals surface area contributed by atoms with Crippen molar-refractivity contribution in [2.24, 2.45) is 11.8 Å². The minimum Gasteiger partial charge on any atom is -0.361 e. The molecule has 2 aromatic rings. The number of benzene rings is 1. The summed E-state index contributed by atoms with van der Waals surface area (Å²) in [7, 11) is 0. The summed E-state index contributed by atoms with van der Waals surface area (Å²) in [6.45, 7) is 9.66. The number of nitrogens with one attached hydrogen (secondary N) is 2. The summed E-state index contributed by atoms with van der Waals surface area (Å²) < 4.78 is 0. The summed E-state index contributed by atoms with van der Waals surface area (Å²) in [5.74, 6) is 3.94. The van der Waals surface area contributed by atoms with Gasteiger partial charge in [0.2, 0.25) is 5.95 Å². The largest absolute Gasteiger partial charge is 0.361 e. The monoisotopic (exact) mass is 568 g/mol. The molecular formula is C31H45ClN6S. The van der Waals surface area contributed by atoms with Crippen molar-refractivity contribution >= 4 is 46.5 Å². The molecule has 2 saturated heterocycles. The number of rotatable bonds is 6. The van der Waals surface area contributed by atoms with E-state index in [1.54, 1.807) is 0 Å². The van der Waals surface area contributed by atoms with Crippen LogP contribution in [0.3, 0.4) is 0 Å². The van der Waals surface area contributed by atoms with Crippen LogP contribution in [0.25, 0.3) is 0 Å². The van der Waals surface area contributed by atoms with E-state index in [1.165, 1.54) is 56.9 Å². The van der Waals surface area contributed by atoms with Gasteiger partial charge in [0.1, 0.15) is 11.6 Å². The molecule has 6 nitrogen and oxygen atoms in total. The molecule has 5 rings (SSSR count). The first-order valence-electron chi connectivity index (χ1n) is 15.1. The van der Waals surface area contributed by atoms with Gasteiger partial charge in [-0.1, -0.05) is 69.7 Å². The van der Waals surface area contributed by atoms with Crippen molar-refractivity contribution in [3.05, 3.63) is 40.9 Å². The second-order valence-electron chi connectivity index (χ2n) is 12.3. The number of thiocarbonyl (C=S) groups is 1. The predicted molar refractivity (Wildman–Crippen MR) is 168 cm³/mol. The summed E-state index contributed by atoms with van der Waals surface area (Å²) in [6, 6.07) is 10.6. The van der Waals surface area contributed by atoms with Gasteiger partial charge in [0.15, 0.2) is 5.11 Å². The van der Waals surface area contributed by atoms with Crippen LogP contribution < -0.4 is 20.4 Å². The van der Waals surface area contributed by atoms with Crippen molar-refractivity contribution in [3.63, 3.8) is 0 Å². The molecule has 39 heavy (non-hydrogen) atoms. The maximum absolute atomic E-state index is 6.21. The molecule has 3 aliphatic rings. The third-order valence-corrected chi connectivity index (χ3v) is 9.40. The van der Waals surface area contributed by atoms with Gasteiger partial charge in [0.25, 0.3) is 0 Å². The highest BCUT2D eigenvalue weighted by Gasteiger charge is 2.34. The van der Waals surface area contributed by atoms with Crippen LogP contribution in [0, 0.1) is 11.8 Å². The minimum absolute atomic E-state index is 0.0641. The van der Waals surface area contributed by atoms with Gasteiger partial charge in [-0.2, -0.15) is 9.97 Å². The first-order valence-corrected chi connectivity index (χ1v) is 15.9. The maximum Gasteiger partial charge on any atom is 0.232 e. The fourth-order valence-corrected chi connectivity index (χ4v) is 7.24. The Hall–Kier alpha value is -2.12. The normalized spacial score (nSPS) is 23.7. The third kappa shape index (κ3) is 7.35. The number of anilines is 3. The van der Waals surface area contributed by atoms with Gasteiger partial charge in [-0.05, 0) is 73.9 Å². The molecule has 1 aromatic heterocycles. The van der Waals surface area contributed by atoms with E-state index in [4.69, 9.17) is 33.8 Å². The van der Waals surface area contributed by atoms with Crippen molar-refractivity contribution in [1.82, 2.24) is 15.3 Å². The summed E-state index contributed by atoms with van der Waals surface area (Å²) in [4.78, 5) is 14.9. The lowest BCUT2D eigenvalue weighted by Crippen LogP contribution is -2.44. The number of nitrogens with zero attached hydrogens (tertiary/aromatic N) is 4. The molecule has 0 radical (unpaired) electrons. The van der Waals surface area contributed by atoms with Gasteiger partial charge in [0, 0.05) is 49.2 Å². The summed E-state index contributed by atoms with van der Waals surface area (Å²) >= 11 is 12.0. The van der Waals surface area contributed by atoms with E-state index < -0.39 is 0 Å². The zero-order valence-corrected chi connectivity index (χ0v) is 25.3. The molecule has 0 spiro atoms. The molecule has 3 fully saturated rings. The molecule has 1 aromatic carbocycles. The summed E-state index contributed by atoms with van der Waals surface area (Å²) in [5.41, 5.74) is 1.41. The Kier molecular flexibility index (Phi) is 9.49. The third-order valence-electron chi connectivity index (χ3n) is 8.90. The Morgan fingerprint density at radius 1 is 0.897 bits per heavy atom. The lowest BCUT2D eigenvalue weighted by Gasteiger charge is -2.38. The van der Waals surface area contributed by atoms with Crippen LogP contribution in [0.2, 0.25) is 5.02 Å². The van der Waals surface area contributed by atoms with E-state index in [1.807, 2.05) is 12.1 Å². The van der Waals surface area contributed by atoms with E-state index in [-0.39, 0.29) is 5.41 Å². The SMILES string of the molecule is CC1CC(C)CN(c2cc(N3CCCCCC3)nc(NC(=S)NCC3(c4ccc(Cl)cc4)CCCCC3)n2)C1. The Morgan fingerprint density at radius 2 is 1.49 bits per heavy atom. The number of hydrogen-bond acceptors (Lipinski definition) is 5. The van der Waals surface area contributed by atoms with Crippen LogP contribution >= 0.6 is 23.8 Å². The molecule has 212 valence electrons. The fourth-order valence-electron chi connectivity index (χ4n) is 6.95. The molecular weight excluding hydrogens is 524 g/mol. The zero-order valence-electron chi connectivity index (χ0n) is 23.7. The molecule has 2 atom stereocenters. The van der Waals surface area contributed by atoms with Crippen LogP contribution in [-0.2, 0) is 5.41 Å². The van der Waals surface area contributed by atoms with Crippen molar-refractivity contribution in [3.8, 4) is 0 Å². The van der Waals surface area contributed by atoms with E-state index in [2.05, 4.69) is 52.5 Å². The number of aromatic nitrogens is 2. The Labute approximate surface area is 245 Å². The van der Waals surface area contributed by atoms with Crippen molar-refractivity contribution in [2.75, 3.05) is 47.8 Å². The molecule has 2 N–H and O–H groups in total. The maximum atomic E-state index is 6.21. The summed E-state index contributed by atoms with van der Waals surface area (Å²) in [5, 5.41) is 8.31. The molecule has 8 heteroatoms. The Balaban J connectivity index is 1.34. The van der Waals surface area contributed by atoms with Gasteiger partial charge in [-0.15, -0.1) is 0 Å². The summed E-state index contributed by atoms with van der Waals surface area (Å²) in [6.07, 6.45) is 12.4. The Bertz CT molecular complexity index is 1080. The first kappa shape index (κ1) is 28.4. The molecule has 3 heterocycles. The van der Waals surface area contributed by atoms with Crippen LogP contribution in [0.1, 0.15) is 83.6 Å².